The molecule has 2 atom stereocenters. The highest BCUT2D eigenvalue weighted by atomic mass is 32.2. The van der Waals surface area contributed by atoms with Crippen LogP contribution in [0.2, 0.25) is 0 Å². The minimum atomic E-state index is -3.04. The normalized spacial score (nSPS) is 28.2. The molecule has 5 nitrogen and oxygen atoms in total. The van der Waals surface area contributed by atoms with E-state index in [9.17, 15) is 13.2 Å². The Morgan fingerprint density at radius 2 is 1.93 bits per heavy atom. The maximum absolute atomic E-state index is 12.6. The van der Waals surface area contributed by atoms with Gasteiger partial charge in [-0.25, -0.2) is 8.42 Å². The van der Waals surface area contributed by atoms with Crippen LogP contribution in [0.5, 0.6) is 0 Å². The number of hydrogen-bond acceptors (Lipinski definition) is 4. The molecule has 0 radical (unpaired) electrons. The van der Waals surface area contributed by atoms with Crippen LogP contribution < -0.4 is 4.90 Å². The SMILES string of the molecule is Cc1ccc(N2C(=NC(=O)CCC3CCCC3)S[C@@H]3CS(=O)(=O)C[C@@H]32)cc1C. The van der Waals surface area contributed by atoms with Crippen molar-refractivity contribution >= 4 is 38.4 Å². The van der Waals surface area contributed by atoms with Gasteiger partial charge >= 0.3 is 0 Å². The molecule has 0 spiro atoms. The molecule has 2 aliphatic heterocycles. The molecule has 3 fully saturated rings. The van der Waals surface area contributed by atoms with Crippen LogP contribution in [0, 0.1) is 19.8 Å². The Hall–Kier alpha value is -1.34. The van der Waals surface area contributed by atoms with Crippen LogP contribution in [0.25, 0.3) is 0 Å². The predicted molar refractivity (Wildman–Crippen MR) is 116 cm³/mol. The van der Waals surface area contributed by atoms with Crippen molar-refractivity contribution in [3.63, 3.8) is 0 Å². The summed E-state index contributed by atoms with van der Waals surface area (Å²) in [6.07, 6.45) is 6.43. The standard InChI is InChI=1S/C21H28N2O3S2/c1-14-7-9-17(11-15(14)2)23-18-12-28(25,26)13-19(18)27-21(23)22-20(24)10-8-16-5-3-4-6-16/h7,9,11,16,18-19H,3-6,8,10,12-13H2,1-2H3/t18-,19+/m0/s1. The molecule has 0 unspecified atom stereocenters. The maximum atomic E-state index is 12.6. The number of aryl methyl sites for hydroxylation is 2. The lowest BCUT2D eigenvalue weighted by Crippen LogP contribution is -2.37. The number of sulfone groups is 1. The van der Waals surface area contributed by atoms with Gasteiger partial charge < -0.3 is 4.90 Å². The molecule has 0 N–H and O–H groups in total. The van der Waals surface area contributed by atoms with E-state index in [2.05, 4.69) is 24.9 Å². The first kappa shape index (κ1) is 20.0. The molecular weight excluding hydrogens is 392 g/mol. The average Bonchev–Trinajstić information content (AvgIpc) is 3.30. The molecule has 1 saturated carbocycles. The Kier molecular flexibility index (Phi) is 5.58. The summed E-state index contributed by atoms with van der Waals surface area (Å²) < 4.78 is 24.3. The van der Waals surface area contributed by atoms with Crippen LogP contribution in [-0.2, 0) is 14.6 Å². The van der Waals surface area contributed by atoms with E-state index < -0.39 is 9.84 Å². The van der Waals surface area contributed by atoms with Crippen molar-refractivity contribution in [2.24, 2.45) is 10.9 Å². The van der Waals surface area contributed by atoms with Crippen molar-refractivity contribution in [3.05, 3.63) is 29.3 Å². The summed E-state index contributed by atoms with van der Waals surface area (Å²) in [6.45, 7) is 4.11. The van der Waals surface area contributed by atoms with E-state index in [1.54, 1.807) is 0 Å². The smallest absolute Gasteiger partial charge is 0.248 e. The Bertz CT molecular complexity index is 904. The molecule has 1 amide bonds. The molecule has 28 heavy (non-hydrogen) atoms. The second-order valence-electron chi connectivity index (χ2n) is 8.42. The fraction of sp³-hybridized carbons (Fsp3) is 0.619. The van der Waals surface area contributed by atoms with Crippen molar-refractivity contribution in [3.8, 4) is 0 Å². The molecule has 7 heteroatoms. The molecule has 152 valence electrons. The van der Waals surface area contributed by atoms with Crippen molar-refractivity contribution in [2.75, 3.05) is 16.4 Å². The fourth-order valence-corrected chi connectivity index (χ4v) is 8.46. The van der Waals surface area contributed by atoms with Crippen LogP contribution in [0.15, 0.2) is 23.2 Å². The van der Waals surface area contributed by atoms with E-state index >= 15 is 0 Å². The summed E-state index contributed by atoms with van der Waals surface area (Å²) >= 11 is 1.46. The average molecular weight is 421 g/mol. The van der Waals surface area contributed by atoms with E-state index in [1.165, 1.54) is 43.0 Å². The zero-order chi connectivity index (χ0) is 19.9. The quantitative estimate of drug-likeness (QED) is 0.740. The highest BCUT2D eigenvalue weighted by molar-refractivity contribution is 8.16. The highest BCUT2D eigenvalue weighted by Crippen LogP contribution is 2.41. The zero-order valence-corrected chi connectivity index (χ0v) is 18.2. The Labute approximate surface area is 171 Å². The number of benzene rings is 1. The second-order valence-corrected chi connectivity index (χ2v) is 11.8. The van der Waals surface area contributed by atoms with Gasteiger partial charge in [0.15, 0.2) is 15.0 Å². The third-order valence-corrected chi connectivity index (χ3v) is 9.51. The number of rotatable bonds is 4. The number of amides is 1. The zero-order valence-electron chi connectivity index (χ0n) is 16.6. The molecule has 3 aliphatic rings. The van der Waals surface area contributed by atoms with E-state index in [-0.39, 0.29) is 28.7 Å². The third-order valence-electron chi connectivity index (χ3n) is 6.30. The molecule has 0 aromatic heterocycles. The Morgan fingerprint density at radius 3 is 2.64 bits per heavy atom. The van der Waals surface area contributed by atoms with Crippen molar-refractivity contribution in [1.82, 2.24) is 0 Å². The molecule has 1 aromatic carbocycles. The van der Waals surface area contributed by atoms with E-state index in [0.29, 0.717) is 17.5 Å². The van der Waals surface area contributed by atoms with Gasteiger partial charge in [-0.15, -0.1) is 0 Å². The predicted octanol–water partition coefficient (Wildman–Crippen LogP) is 3.88. The first-order chi connectivity index (χ1) is 13.3. The number of amidine groups is 1. The summed E-state index contributed by atoms with van der Waals surface area (Å²) in [5.41, 5.74) is 3.28. The second kappa shape index (κ2) is 7.82. The largest absolute Gasteiger partial charge is 0.316 e. The Morgan fingerprint density at radius 1 is 1.18 bits per heavy atom. The van der Waals surface area contributed by atoms with E-state index in [4.69, 9.17) is 0 Å². The van der Waals surface area contributed by atoms with Gasteiger partial charge in [-0.2, -0.15) is 4.99 Å². The van der Waals surface area contributed by atoms with Gasteiger partial charge in [0.1, 0.15) is 0 Å². The molecule has 4 rings (SSSR count). The monoisotopic (exact) mass is 420 g/mol. The third kappa shape index (κ3) is 4.15. The van der Waals surface area contributed by atoms with Crippen molar-refractivity contribution in [2.45, 2.75) is 63.7 Å². The number of hydrogen-bond donors (Lipinski definition) is 0. The van der Waals surface area contributed by atoms with E-state index in [1.807, 2.05) is 17.0 Å². The summed E-state index contributed by atoms with van der Waals surface area (Å²) in [5, 5.41) is 0.623. The van der Waals surface area contributed by atoms with Gasteiger partial charge in [-0.05, 0) is 49.4 Å². The van der Waals surface area contributed by atoms with Gasteiger partial charge in [-0.1, -0.05) is 43.5 Å². The summed E-state index contributed by atoms with van der Waals surface area (Å²) in [4.78, 5) is 19.0. The molecule has 2 saturated heterocycles. The van der Waals surface area contributed by atoms with Gasteiger partial charge in [0, 0.05) is 17.4 Å². The van der Waals surface area contributed by atoms with Crippen LogP contribution >= 0.6 is 11.8 Å². The molecule has 2 heterocycles. The number of nitrogens with zero attached hydrogens (tertiary/aromatic N) is 2. The van der Waals surface area contributed by atoms with Crippen LogP contribution in [0.4, 0.5) is 5.69 Å². The molecule has 0 bridgehead atoms. The number of thioether (sulfide) groups is 1. The van der Waals surface area contributed by atoms with Crippen LogP contribution in [-0.4, -0.2) is 42.3 Å². The van der Waals surface area contributed by atoms with Crippen molar-refractivity contribution < 1.29 is 13.2 Å². The number of anilines is 1. The summed E-state index contributed by atoms with van der Waals surface area (Å²) in [5.74, 6) is 0.887. The van der Waals surface area contributed by atoms with Crippen LogP contribution in [0.1, 0.15) is 49.7 Å². The van der Waals surface area contributed by atoms with Gasteiger partial charge in [0.05, 0.1) is 17.5 Å². The minimum absolute atomic E-state index is 0.0482. The topological polar surface area (TPSA) is 66.8 Å². The fourth-order valence-electron chi connectivity index (χ4n) is 4.53. The Balaban J connectivity index is 1.57. The first-order valence-electron chi connectivity index (χ1n) is 10.2. The number of aliphatic imine (C=N–C) groups is 1. The maximum Gasteiger partial charge on any atom is 0.248 e. The van der Waals surface area contributed by atoms with Gasteiger partial charge in [0.25, 0.3) is 0 Å². The number of carbonyl (C=O) groups is 1. The molecule has 1 aromatic rings. The van der Waals surface area contributed by atoms with Crippen molar-refractivity contribution in [1.29, 1.82) is 0 Å². The van der Waals surface area contributed by atoms with Crippen LogP contribution in [0.3, 0.4) is 0 Å². The first-order valence-corrected chi connectivity index (χ1v) is 12.9. The molecular formula is C21H28N2O3S2. The molecule has 1 aliphatic carbocycles. The minimum Gasteiger partial charge on any atom is -0.316 e. The highest BCUT2D eigenvalue weighted by Gasteiger charge is 2.49. The number of carbonyl (C=O) groups excluding carboxylic acids is 1. The van der Waals surface area contributed by atoms with Gasteiger partial charge in [-0.3, -0.25) is 4.79 Å². The lowest BCUT2D eigenvalue weighted by molar-refractivity contribution is -0.118. The lowest BCUT2D eigenvalue weighted by Gasteiger charge is -2.25. The number of fused-ring (bicyclic) bond motifs is 1. The summed E-state index contributed by atoms with van der Waals surface area (Å²) in [7, 11) is -3.04. The van der Waals surface area contributed by atoms with Gasteiger partial charge in [0.2, 0.25) is 5.91 Å². The lowest BCUT2D eigenvalue weighted by atomic mass is 10.0. The van der Waals surface area contributed by atoms with E-state index in [0.717, 1.165) is 17.7 Å². The summed E-state index contributed by atoms with van der Waals surface area (Å²) in [6, 6.07) is 5.99.